The van der Waals surface area contributed by atoms with Crippen molar-refractivity contribution in [2.75, 3.05) is 31.1 Å². The third-order valence-corrected chi connectivity index (χ3v) is 5.07. The molecule has 4 rings (SSSR count). The lowest BCUT2D eigenvalue weighted by Gasteiger charge is -2.40. The van der Waals surface area contributed by atoms with E-state index in [0.29, 0.717) is 37.4 Å². The maximum atomic E-state index is 13.1. The Morgan fingerprint density at radius 3 is 2.80 bits per heavy atom. The number of halogens is 1. The number of nitrogens with zero attached hydrogens (tertiary/aromatic N) is 4. The molecule has 0 N–H and O–H groups in total. The summed E-state index contributed by atoms with van der Waals surface area (Å²) < 4.78 is 22.7. The number of rotatable bonds is 2. The maximum absolute atomic E-state index is 13.1. The zero-order valence-electron chi connectivity index (χ0n) is 13.2. The van der Waals surface area contributed by atoms with Crippen LogP contribution in [-0.2, 0) is 9.53 Å². The van der Waals surface area contributed by atoms with Crippen LogP contribution in [0.3, 0.4) is 0 Å². The molecule has 0 radical (unpaired) electrons. The van der Waals surface area contributed by atoms with Gasteiger partial charge in [0.15, 0.2) is 5.69 Å². The van der Waals surface area contributed by atoms with Gasteiger partial charge in [-0.05, 0) is 42.2 Å². The molecule has 3 heterocycles. The molecule has 1 spiro atoms. The fourth-order valence-corrected chi connectivity index (χ4v) is 3.69. The van der Waals surface area contributed by atoms with E-state index in [-0.39, 0.29) is 24.2 Å². The third kappa shape index (κ3) is 3.00. The molecule has 2 amide bonds. The number of ether oxygens (including phenoxy) is 1. The number of benzene rings is 1. The number of hydrogen-bond donors (Lipinski definition) is 0. The molecule has 25 heavy (non-hydrogen) atoms. The molecule has 0 aliphatic carbocycles. The van der Waals surface area contributed by atoms with E-state index in [9.17, 15) is 14.0 Å². The average Bonchev–Trinajstić information content (AvgIpc) is 3.28. The Hall–Kier alpha value is -2.39. The molecule has 0 saturated carbocycles. The number of aromatic nitrogens is 2. The molecule has 1 aromatic carbocycles. The molecule has 2 aliphatic rings. The first kappa shape index (κ1) is 16.1. The number of likely N-dealkylation sites (tertiary alicyclic amines) is 1. The lowest BCUT2D eigenvalue weighted by molar-refractivity contribution is -0.137. The highest BCUT2D eigenvalue weighted by Crippen LogP contribution is 2.32. The zero-order valence-corrected chi connectivity index (χ0v) is 14.0. The molecule has 130 valence electrons. The van der Waals surface area contributed by atoms with Gasteiger partial charge < -0.3 is 14.5 Å². The van der Waals surface area contributed by atoms with Gasteiger partial charge in [-0.3, -0.25) is 9.59 Å². The largest absolute Gasteiger partial charge is 0.361 e. The second-order valence-electron chi connectivity index (χ2n) is 6.19. The van der Waals surface area contributed by atoms with Gasteiger partial charge in [0.25, 0.3) is 11.8 Å². The average molecular weight is 362 g/mol. The smallest absolute Gasteiger partial charge is 0.275 e. The van der Waals surface area contributed by atoms with Crippen molar-refractivity contribution in [3.63, 3.8) is 0 Å². The summed E-state index contributed by atoms with van der Waals surface area (Å²) in [5, 5.41) is 5.43. The molecular formula is C16H15FN4O3S. The number of anilines is 1. The van der Waals surface area contributed by atoms with Crippen molar-refractivity contribution < 1.29 is 18.7 Å². The molecule has 1 aromatic heterocycles. The Balaban J connectivity index is 1.52. The van der Waals surface area contributed by atoms with Crippen molar-refractivity contribution in [2.45, 2.75) is 12.0 Å². The van der Waals surface area contributed by atoms with E-state index in [1.165, 1.54) is 12.1 Å². The quantitative estimate of drug-likeness (QED) is 0.806. The standard InChI is InChI=1S/C16H15FN4O3S/c17-11-1-3-12(4-2-11)21-10-16(24-7-14(21)22)5-6-20(9-16)15(23)13-8-25-19-18-13/h1-4,8H,5-7,9-10H2. The van der Waals surface area contributed by atoms with E-state index in [2.05, 4.69) is 9.59 Å². The fourth-order valence-electron chi connectivity index (χ4n) is 3.26. The van der Waals surface area contributed by atoms with Gasteiger partial charge in [-0.1, -0.05) is 4.49 Å². The van der Waals surface area contributed by atoms with Gasteiger partial charge in [0.05, 0.1) is 13.1 Å². The van der Waals surface area contributed by atoms with Crippen LogP contribution in [-0.4, -0.2) is 58.1 Å². The van der Waals surface area contributed by atoms with Crippen molar-refractivity contribution in [3.05, 3.63) is 41.2 Å². The maximum Gasteiger partial charge on any atom is 0.275 e. The minimum atomic E-state index is -0.610. The van der Waals surface area contributed by atoms with Crippen molar-refractivity contribution in [2.24, 2.45) is 0 Å². The van der Waals surface area contributed by atoms with E-state index in [4.69, 9.17) is 4.74 Å². The lowest BCUT2D eigenvalue weighted by Crippen LogP contribution is -2.56. The normalized spacial score (nSPS) is 23.5. The molecule has 7 nitrogen and oxygen atoms in total. The van der Waals surface area contributed by atoms with Crippen LogP contribution >= 0.6 is 11.5 Å². The topological polar surface area (TPSA) is 75.6 Å². The molecule has 1 atom stereocenters. The van der Waals surface area contributed by atoms with E-state index >= 15 is 0 Å². The Bertz CT molecular complexity index is 798. The fraction of sp³-hybridized carbons (Fsp3) is 0.375. The summed E-state index contributed by atoms with van der Waals surface area (Å²) in [5.41, 5.74) is 0.341. The van der Waals surface area contributed by atoms with E-state index in [1.807, 2.05) is 0 Å². The van der Waals surface area contributed by atoms with Crippen LogP contribution in [0, 0.1) is 5.82 Å². The van der Waals surface area contributed by atoms with Gasteiger partial charge in [-0.15, -0.1) is 5.10 Å². The van der Waals surface area contributed by atoms with Gasteiger partial charge in [-0.25, -0.2) is 4.39 Å². The molecule has 9 heteroatoms. The minimum Gasteiger partial charge on any atom is -0.361 e. The number of amides is 2. The van der Waals surface area contributed by atoms with E-state index < -0.39 is 5.60 Å². The van der Waals surface area contributed by atoms with Crippen LogP contribution in [0.2, 0.25) is 0 Å². The molecule has 2 saturated heterocycles. The molecule has 0 bridgehead atoms. The van der Waals surface area contributed by atoms with Crippen LogP contribution < -0.4 is 4.90 Å². The highest BCUT2D eigenvalue weighted by molar-refractivity contribution is 7.03. The highest BCUT2D eigenvalue weighted by Gasteiger charge is 2.47. The minimum absolute atomic E-state index is 0.0579. The van der Waals surface area contributed by atoms with Crippen molar-refractivity contribution in [1.82, 2.24) is 14.5 Å². The van der Waals surface area contributed by atoms with Crippen molar-refractivity contribution >= 4 is 29.0 Å². The predicted octanol–water partition coefficient (Wildman–Crippen LogP) is 1.33. The second kappa shape index (κ2) is 6.16. The lowest BCUT2D eigenvalue weighted by atomic mass is 10.00. The van der Waals surface area contributed by atoms with Gasteiger partial charge >= 0.3 is 0 Å². The number of carbonyl (C=O) groups is 2. The van der Waals surface area contributed by atoms with Crippen LogP contribution in [0.15, 0.2) is 29.6 Å². The first-order valence-electron chi connectivity index (χ1n) is 7.83. The summed E-state index contributed by atoms with van der Waals surface area (Å²) in [4.78, 5) is 27.9. The number of morpholine rings is 1. The predicted molar refractivity (Wildman–Crippen MR) is 87.9 cm³/mol. The summed E-state index contributed by atoms with van der Waals surface area (Å²) >= 11 is 1.13. The molecule has 2 fully saturated rings. The van der Waals surface area contributed by atoms with Crippen LogP contribution in [0.5, 0.6) is 0 Å². The molecule has 2 aliphatic heterocycles. The van der Waals surface area contributed by atoms with Gasteiger partial charge in [0.2, 0.25) is 0 Å². The molecular weight excluding hydrogens is 347 g/mol. The number of carbonyl (C=O) groups excluding carboxylic acids is 2. The summed E-state index contributed by atoms with van der Waals surface area (Å²) in [6, 6.07) is 5.80. The highest BCUT2D eigenvalue weighted by atomic mass is 32.1. The van der Waals surface area contributed by atoms with E-state index in [1.54, 1.807) is 27.3 Å². The van der Waals surface area contributed by atoms with Gasteiger partial charge in [0, 0.05) is 17.6 Å². The van der Waals surface area contributed by atoms with E-state index in [0.717, 1.165) is 11.5 Å². The van der Waals surface area contributed by atoms with Gasteiger partial charge in [-0.2, -0.15) is 0 Å². The molecule has 1 unspecified atom stereocenters. The Morgan fingerprint density at radius 2 is 2.08 bits per heavy atom. The molecule has 2 aromatic rings. The van der Waals surface area contributed by atoms with Crippen LogP contribution in [0.25, 0.3) is 0 Å². The monoisotopic (exact) mass is 362 g/mol. The SMILES string of the molecule is O=C(c1csnn1)N1CCC2(C1)CN(c1ccc(F)cc1)C(=O)CO2. The van der Waals surface area contributed by atoms with Crippen LogP contribution in [0.1, 0.15) is 16.9 Å². The number of hydrogen-bond acceptors (Lipinski definition) is 6. The Morgan fingerprint density at radius 1 is 1.28 bits per heavy atom. The summed E-state index contributed by atoms with van der Waals surface area (Å²) in [5.74, 6) is -0.709. The second-order valence-corrected chi connectivity index (χ2v) is 6.80. The Kier molecular flexibility index (Phi) is 3.97. The summed E-state index contributed by atoms with van der Waals surface area (Å²) in [6.45, 7) is 1.18. The van der Waals surface area contributed by atoms with Crippen LogP contribution in [0.4, 0.5) is 10.1 Å². The Labute approximate surface area is 147 Å². The van der Waals surface area contributed by atoms with Gasteiger partial charge in [0.1, 0.15) is 18.0 Å². The summed E-state index contributed by atoms with van der Waals surface area (Å²) in [6.07, 6.45) is 0.626. The summed E-state index contributed by atoms with van der Waals surface area (Å²) in [7, 11) is 0. The first-order chi connectivity index (χ1) is 12.1. The van der Waals surface area contributed by atoms with Crippen molar-refractivity contribution in [1.29, 1.82) is 0 Å². The third-order valence-electron chi connectivity index (χ3n) is 4.57. The zero-order chi connectivity index (χ0) is 17.4. The van der Waals surface area contributed by atoms with Crippen molar-refractivity contribution in [3.8, 4) is 0 Å². The first-order valence-corrected chi connectivity index (χ1v) is 8.66.